The van der Waals surface area contributed by atoms with Crippen LogP contribution in [0.25, 0.3) is 10.2 Å². The Morgan fingerprint density at radius 2 is 2.10 bits per heavy atom. The first-order chi connectivity index (χ1) is 10.1. The molecule has 0 spiro atoms. The van der Waals surface area contributed by atoms with Gasteiger partial charge in [0, 0.05) is 14.1 Å². The molecule has 3 rings (SSSR count). The Morgan fingerprint density at radius 1 is 1.29 bits per heavy atom. The molecule has 2 amide bonds. The molecule has 2 aromatic heterocycles. The van der Waals surface area contributed by atoms with E-state index in [0.717, 1.165) is 16.0 Å². The van der Waals surface area contributed by atoms with Crippen molar-refractivity contribution in [3.63, 3.8) is 0 Å². The lowest BCUT2D eigenvalue weighted by molar-refractivity contribution is -0.149. The van der Waals surface area contributed by atoms with Crippen LogP contribution in [0.5, 0.6) is 0 Å². The van der Waals surface area contributed by atoms with Gasteiger partial charge < -0.3 is 15.1 Å². The van der Waals surface area contributed by atoms with Crippen LogP contribution >= 0.6 is 11.3 Å². The Labute approximate surface area is 125 Å². The summed E-state index contributed by atoms with van der Waals surface area (Å²) in [5.74, 6) is 1.13. The first-order valence-corrected chi connectivity index (χ1v) is 7.40. The minimum atomic E-state index is -0.0852. The highest BCUT2D eigenvalue weighted by Gasteiger charge is 2.28. The summed E-state index contributed by atoms with van der Waals surface area (Å²) in [4.78, 5) is 36.4. The van der Waals surface area contributed by atoms with E-state index >= 15 is 0 Å². The third kappa shape index (κ3) is 2.54. The summed E-state index contributed by atoms with van der Waals surface area (Å²) in [6, 6.07) is 1.96. The fourth-order valence-electron chi connectivity index (χ4n) is 2.24. The van der Waals surface area contributed by atoms with Gasteiger partial charge in [0.1, 0.15) is 17.2 Å². The van der Waals surface area contributed by atoms with Crippen LogP contribution in [0.15, 0.2) is 11.4 Å². The molecule has 1 N–H and O–H groups in total. The second-order valence-corrected chi connectivity index (χ2v) is 5.77. The number of fused-ring (bicyclic) bond motifs is 1. The molecule has 1 saturated heterocycles. The van der Waals surface area contributed by atoms with Gasteiger partial charge in [0.15, 0.2) is 5.82 Å². The molecule has 1 aliphatic heterocycles. The molecule has 3 heterocycles. The van der Waals surface area contributed by atoms with Crippen molar-refractivity contribution in [1.82, 2.24) is 19.8 Å². The van der Waals surface area contributed by atoms with E-state index in [-0.39, 0.29) is 31.4 Å². The highest BCUT2D eigenvalue weighted by molar-refractivity contribution is 7.16. The van der Waals surface area contributed by atoms with E-state index in [1.807, 2.05) is 11.4 Å². The maximum absolute atomic E-state index is 12.0. The Kier molecular flexibility index (Phi) is 3.46. The number of hydrogen-bond acceptors (Lipinski definition) is 6. The molecule has 0 aliphatic carbocycles. The summed E-state index contributed by atoms with van der Waals surface area (Å²) in [6.07, 6.45) is 0. The zero-order valence-electron chi connectivity index (χ0n) is 11.8. The summed E-state index contributed by atoms with van der Waals surface area (Å²) in [7, 11) is 3.43. The molecule has 7 nitrogen and oxygen atoms in total. The van der Waals surface area contributed by atoms with Crippen molar-refractivity contribution >= 4 is 39.2 Å². The van der Waals surface area contributed by atoms with Crippen LogP contribution in [0, 0.1) is 0 Å². The number of piperazine rings is 1. The van der Waals surface area contributed by atoms with Gasteiger partial charge in [0.05, 0.1) is 18.5 Å². The fourth-order valence-corrected chi connectivity index (χ4v) is 3.02. The van der Waals surface area contributed by atoms with Crippen LogP contribution in [0.3, 0.4) is 0 Å². The fraction of sp³-hybridized carbons (Fsp3) is 0.385. The summed E-state index contributed by atoms with van der Waals surface area (Å²) >= 11 is 1.53. The Hall–Kier alpha value is -2.22. The maximum atomic E-state index is 12.0. The van der Waals surface area contributed by atoms with Crippen LogP contribution < -0.4 is 5.32 Å². The number of carbonyl (C=O) groups excluding carboxylic acids is 2. The van der Waals surface area contributed by atoms with Gasteiger partial charge in [-0.1, -0.05) is 0 Å². The van der Waals surface area contributed by atoms with Crippen LogP contribution in [0.1, 0.15) is 5.82 Å². The van der Waals surface area contributed by atoms with E-state index in [1.54, 1.807) is 14.1 Å². The van der Waals surface area contributed by atoms with Crippen molar-refractivity contribution in [3.05, 3.63) is 17.3 Å². The number of nitrogens with zero attached hydrogens (tertiary/aromatic N) is 4. The monoisotopic (exact) mass is 305 g/mol. The first-order valence-electron chi connectivity index (χ1n) is 6.52. The molecule has 1 fully saturated rings. The van der Waals surface area contributed by atoms with Crippen LogP contribution in [-0.4, -0.2) is 58.8 Å². The predicted octanol–water partition coefficient (Wildman–Crippen LogP) is 0.534. The lowest BCUT2D eigenvalue weighted by Crippen LogP contribution is -2.51. The molecule has 21 heavy (non-hydrogen) atoms. The molecule has 0 saturated carbocycles. The lowest BCUT2D eigenvalue weighted by Gasteiger charge is -2.31. The van der Waals surface area contributed by atoms with E-state index in [9.17, 15) is 9.59 Å². The minimum Gasteiger partial charge on any atom is -0.372 e. The van der Waals surface area contributed by atoms with E-state index in [4.69, 9.17) is 0 Å². The van der Waals surface area contributed by atoms with E-state index in [1.165, 1.54) is 21.1 Å². The number of carbonyl (C=O) groups is 2. The third-order valence-electron chi connectivity index (χ3n) is 3.42. The molecule has 110 valence electrons. The van der Waals surface area contributed by atoms with Gasteiger partial charge >= 0.3 is 0 Å². The molecule has 0 unspecified atom stereocenters. The predicted molar refractivity (Wildman–Crippen MR) is 80.0 cm³/mol. The highest BCUT2D eigenvalue weighted by Crippen LogP contribution is 2.25. The van der Waals surface area contributed by atoms with Gasteiger partial charge in [0.25, 0.3) is 0 Å². The highest BCUT2D eigenvalue weighted by atomic mass is 32.1. The number of amides is 2. The van der Waals surface area contributed by atoms with Crippen molar-refractivity contribution in [2.45, 2.75) is 6.54 Å². The van der Waals surface area contributed by atoms with Crippen molar-refractivity contribution in [1.29, 1.82) is 0 Å². The van der Waals surface area contributed by atoms with Crippen molar-refractivity contribution in [2.75, 3.05) is 32.5 Å². The molecule has 2 aromatic rings. The summed E-state index contributed by atoms with van der Waals surface area (Å²) in [5.41, 5.74) is 0. The third-order valence-corrected chi connectivity index (χ3v) is 4.22. The van der Waals surface area contributed by atoms with Crippen molar-refractivity contribution in [3.8, 4) is 0 Å². The number of nitrogens with one attached hydrogen (secondary N) is 1. The molecule has 0 bridgehead atoms. The molecule has 0 radical (unpaired) electrons. The van der Waals surface area contributed by atoms with Crippen LogP contribution in [0.4, 0.5) is 5.82 Å². The normalized spacial score (nSPS) is 15.9. The van der Waals surface area contributed by atoms with Gasteiger partial charge in [-0.15, -0.1) is 11.3 Å². The summed E-state index contributed by atoms with van der Waals surface area (Å²) in [5, 5.41) is 5.96. The largest absolute Gasteiger partial charge is 0.372 e. The molecular formula is C13H15N5O2S. The SMILES string of the molecule is CNc1nc(CN2CC(=O)N(C)CC2=O)nc2sccc12. The quantitative estimate of drug-likeness (QED) is 0.895. The Bertz CT molecular complexity index is 714. The Balaban J connectivity index is 1.87. The van der Waals surface area contributed by atoms with E-state index in [0.29, 0.717) is 5.82 Å². The number of rotatable bonds is 3. The van der Waals surface area contributed by atoms with Gasteiger partial charge in [-0.3, -0.25) is 9.59 Å². The Morgan fingerprint density at radius 3 is 2.86 bits per heavy atom. The molecule has 0 aromatic carbocycles. The summed E-state index contributed by atoms with van der Waals surface area (Å²) in [6.45, 7) is 0.440. The minimum absolute atomic E-state index is 0.0689. The average Bonchev–Trinajstić information content (AvgIpc) is 2.92. The zero-order valence-corrected chi connectivity index (χ0v) is 12.6. The summed E-state index contributed by atoms with van der Waals surface area (Å²) < 4.78 is 0. The van der Waals surface area contributed by atoms with Crippen LogP contribution in [0.2, 0.25) is 0 Å². The van der Waals surface area contributed by atoms with Gasteiger partial charge in [-0.25, -0.2) is 9.97 Å². The topological polar surface area (TPSA) is 78.4 Å². The van der Waals surface area contributed by atoms with Crippen molar-refractivity contribution in [2.24, 2.45) is 0 Å². The molecular weight excluding hydrogens is 290 g/mol. The number of hydrogen-bond donors (Lipinski definition) is 1. The lowest BCUT2D eigenvalue weighted by atomic mass is 10.3. The smallest absolute Gasteiger partial charge is 0.243 e. The first kappa shape index (κ1) is 13.7. The number of anilines is 1. The molecule has 0 atom stereocenters. The number of thiophene rings is 1. The number of likely N-dealkylation sites (N-methyl/N-ethyl adjacent to an activating group) is 1. The van der Waals surface area contributed by atoms with Gasteiger partial charge in [-0.2, -0.15) is 0 Å². The van der Waals surface area contributed by atoms with Crippen molar-refractivity contribution < 1.29 is 9.59 Å². The molecule has 8 heteroatoms. The molecule has 1 aliphatic rings. The van der Waals surface area contributed by atoms with E-state index < -0.39 is 0 Å². The maximum Gasteiger partial charge on any atom is 0.243 e. The zero-order chi connectivity index (χ0) is 15.0. The number of aromatic nitrogens is 2. The average molecular weight is 305 g/mol. The second kappa shape index (κ2) is 5.28. The van der Waals surface area contributed by atoms with Crippen LogP contribution in [-0.2, 0) is 16.1 Å². The van der Waals surface area contributed by atoms with Gasteiger partial charge in [-0.05, 0) is 11.4 Å². The standard InChI is InChI=1S/C13H15N5O2S/c1-14-12-8-3-4-21-13(8)16-9(15-12)5-18-7-10(19)17(2)6-11(18)20/h3-4H,5-7H2,1-2H3,(H,14,15,16). The second-order valence-electron chi connectivity index (χ2n) is 4.88. The van der Waals surface area contributed by atoms with Gasteiger partial charge in [0.2, 0.25) is 11.8 Å². The van der Waals surface area contributed by atoms with E-state index in [2.05, 4.69) is 15.3 Å².